The molecule has 0 aromatic heterocycles. The molecule has 0 spiro atoms. The van der Waals surface area contributed by atoms with Crippen molar-refractivity contribution in [3.8, 4) is 5.75 Å². The smallest absolute Gasteiger partial charge is 0.376 e. The fourth-order valence-corrected chi connectivity index (χ4v) is 0.918. The predicted octanol–water partition coefficient (Wildman–Crippen LogP) is 1.03. The molecule has 0 aliphatic rings. The zero-order valence-electron chi connectivity index (χ0n) is 8.53. The minimum atomic E-state index is -0.872. The van der Waals surface area contributed by atoms with E-state index in [4.69, 9.17) is 4.74 Å². The van der Waals surface area contributed by atoms with Crippen molar-refractivity contribution >= 4 is 41.8 Å². The third kappa shape index (κ3) is 3.62. The van der Waals surface area contributed by atoms with Gasteiger partial charge in [0.15, 0.2) is 0 Å². The molecule has 0 atom stereocenters. The normalized spacial score (nSPS) is 8.71. The number of rotatable bonds is 2. The third-order valence-electron chi connectivity index (χ3n) is 1.79. The van der Waals surface area contributed by atoms with Crippen molar-refractivity contribution in [1.82, 2.24) is 0 Å². The van der Waals surface area contributed by atoms with Gasteiger partial charge in [-0.15, -0.1) is 0 Å². The molecule has 1 aromatic rings. The molecule has 0 saturated heterocycles. The molecule has 14 heavy (non-hydrogen) atoms. The quantitative estimate of drug-likeness (QED) is 0.236. The van der Waals surface area contributed by atoms with Gasteiger partial charge in [0.25, 0.3) is 0 Å². The number of ether oxygens (including phenoxy) is 1. The summed E-state index contributed by atoms with van der Waals surface area (Å²) in [7, 11) is 0. The molecule has 1 radical (unpaired) electrons. The van der Waals surface area contributed by atoms with Crippen LogP contribution in [-0.2, 0) is 9.59 Å². The molecule has 0 unspecified atom stereocenters. The van der Waals surface area contributed by atoms with Crippen LogP contribution in [0.5, 0.6) is 5.75 Å². The van der Waals surface area contributed by atoms with E-state index in [1.807, 2.05) is 19.9 Å². The first-order valence-corrected chi connectivity index (χ1v) is 3.87. The predicted molar refractivity (Wildman–Crippen MR) is 53.4 cm³/mol. The molecule has 3 nitrogen and oxygen atoms in total. The number of aldehydes is 1. The van der Waals surface area contributed by atoms with Crippen molar-refractivity contribution in [2.75, 3.05) is 0 Å². The molecular formula is C10H10NaO3. The van der Waals surface area contributed by atoms with E-state index in [9.17, 15) is 9.59 Å². The minimum absolute atomic E-state index is 0. The summed E-state index contributed by atoms with van der Waals surface area (Å²) in [5.41, 5.74) is 2.14. The molecule has 69 valence electrons. The Labute approximate surface area is 105 Å². The Morgan fingerprint density at radius 3 is 2.43 bits per heavy atom. The Bertz CT molecular complexity index is 347. The number of carbonyl (C=O) groups is 2. The minimum Gasteiger partial charge on any atom is -0.421 e. The summed E-state index contributed by atoms with van der Waals surface area (Å²) in [5, 5.41) is 0. The van der Waals surface area contributed by atoms with Gasteiger partial charge >= 0.3 is 5.97 Å². The van der Waals surface area contributed by atoms with E-state index in [0.717, 1.165) is 11.1 Å². The van der Waals surface area contributed by atoms with Gasteiger partial charge in [-0.25, -0.2) is 4.79 Å². The summed E-state index contributed by atoms with van der Waals surface area (Å²) in [6.07, 6.45) is 0.148. The number of hydrogen-bond donors (Lipinski definition) is 0. The number of aryl methyl sites for hydroxylation is 2. The van der Waals surface area contributed by atoms with Gasteiger partial charge in [0.1, 0.15) is 5.75 Å². The summed E-state index contributed by atoms with van der Waals surface area (Å²) in [6.45, 7) is 3.87. The Morgan fingerprint density at radius 1 is 1.29 bits per heavy atom. The van der Waals surface area contributed by atoms with Gasteiger partial charge in [-0.2, -0.15) is 0 Å². The summed E-state index contributed by atoms with van der Waals surface area (Å²) in [4.78, 5) is 20.6. The van der Waals surface area contributed by atoms with E-state index in [0.29, 0.717) is 5.75 Å². The Kier molecular flexibility index (Phi) is 5.69. The number of benzene rings is 1. The van der Waals surface area contributed by atoms with E-state index in [1.54, 1.807) is 12.1 Å². The second-order valence-corrected chi connectivity index (χ2v) is 2.79. The van der Waals surface area contributed by atoms with Crippen LogP contribution in [0.2, 0.25) is 0 Å². The first-order valence-electron chi connectivity index (χ1n) is 3.87. The number of carbonyl (C=O) groups excluding carboxylic acids is 2. The van der Waals surface area contributed by atoms with Crippen LogP contribution in [0.25, 0.3) is 0 Å². The fourth-order valence-electron chi connectivity index (χ4n) is 0.918. The van der Waals surface area contributed by atoms with Crippen molar-refractivity contribution in [1.29, 1.82) is 0 Å². The maximum atomic E-state index is 10.6. The summed E-state index contributed by atoms with van der Waals surface area (Å²) < 4.78 is 4.69. The monoisotopic (exact) mass is 201 g/mol. The van der Waals surface area contributed by atoms with Gasteiger partial charge in [0.05, 0.1) is 0 Å². The van der Waals surface area contributed by atoms with Crippen LogP contribution in [-0.4, -0.2) is 41.8 Å². The molecule has 0 aliphatic carbocycles. The van der Waals surface area contributed by atoms with Crippen molar-refractivity contribution in [2.45, 2.75) is 13.8 Å². The first kappa shape index (κ1) is 13.4. The molecule has 0 bridgehead atoms. The largest absolute Gasteiger partial charge is 0.421 e. The molecule has 0 saturated carbocycles. The van der Waals surface area contributed by atoms with E-state index >= 15 is 0 Å². The SMILES string of the molecule is Cc1ccc(OC(=O)C=O)cc1C.[Na]. The fraction of sp³-hybridized carbons (Fsp3) is 0.200. The van der Waals surface area contributed by atoms with Gasteiger partial charge in [0.2, 0.25) is 6.29 Å². The van der Waals surface area contributed by atoms with Gasteiger partial charge in [0, 0.05) is 29.6 Å². The van der Waals surface area contributed by atoms with Crippen LogP contribution in [0, 0.1) is 13.8 Å². The standard InChI is InChI=1S/C10H10O3.Na/c1-7-3-4-9(5-8(7)2)13-10(12)6-11;/h3-6H,1-2H3;. The second kappa shape index (κ2) is 5.96. The van der Waals surface area contributed by atoms with E-state index in [2.05, 4.69) is 0 Å². The van der Waals surface area contributed by atoms with Crippen LogP contribution in [0.4, 0.5) is 0 Å². The Morgan fingerprint density at radius 2 is 1.93 bits per heavy atom. The maximum Gasteiger partial charge on any atom is 0.376 e. The molecule has 0 aliphatic heterocycles. The molecule has 0 N–H and O–H groups in total. The maximum absolute atomic E-state index is 10.6. The van der Waals surface area contributed by atoms with Crippen molar-refractivity contribution in [3.63, 3.8) is 0 Å². The Hall–Kier alpha value is -0.640. The summed E-state index contributed by atoms with van der Waals surface area (Å²) in [5.74, 6) is -0.469. The zero-order valence-corrected chi connectivity index (χ0v) is 10.5. The number of esters is 1. The topological polar surface area (TPSA) is 43.4 Å². The van der Waals surface area contributed by atoms with Crippen LogP contribution in [0.1, 0.15) is 11.1 Å². The molecule has 0 heterocycles. The average molecular weight is 201 g/mol. The molecule has 0 fully saturated rings. The van der Waals surface area contributed by atoms with Crippen molar-refractivity contribution in [2.24, 2.45) is 0 Å². The molecule has 1 rings (SSSR count). The molecule has 1 aromatic carbocycles. The van der Waals surface area contributed by atoms with E-state index in [1.165, 1.54) is 0 Å². The average Bonchev–Trinajstić information content (AvgIpc) is 2.11. The summed E-state index contributed by atoms with van der Waals surface area (Å²) in [6, 6.07) is 5.21. The summed E-state index contributed by atoms with van der Waals surface area (Å²) >= 11 is 0. The van der Waals surface area contributed by atoms with Gasteiger partial charge in [-0.05, 0) is 37.1 Å². The van der Waals surface area contributed by atoms with Crippen LogP contribution >= 0.6 is 0 Å². The van der Waals surface area contributed by atoms with Crippen molar-refractivity contribution < 1.29 is 14.3 Å². The molecule has 0 amide bonds. The van der Waals surface area contributed by atoms with Crippen LogP contribution < -0.4 is 4.74 Å². The first-order chi connectivity index (χ1) is 6.13. The second-order valence-electron chi connectivity index (χ2n) is 2.79. The van der Waals surface area contributed by atoms with E-state index < -0.39 is 5.97 Å². The van der Waals surface area contributed by atoms with Gasteiger partial charge in [-0.3, -0.25) is 4.79 Å². The van der Waals surface area contributed by atoms with Crippen LogP contribution in [0.3, 0.4) is 0 Å². The molecular weight excluding hydrogens is 191 g/mol. The van der Waals surface area contributed by atoms with Gasteiger partial charge < -0.3 is 4.74 Å². The molecule has 4 heteroatoms. The third-order valence-corrected chi connectivity index (χ3v) is 1.79. The van der Waals surface area contributed by atoms with Crippen LogP contribution in [0.15, 0.2) is 18.2 Å². The van der Waals surface area contributed by atoms with Crippen molar-refractivity contribution in [3.05, 3.63) is 29.3 Å². The van der Waals surface area contributed by atoms with Gasteiger partial charge in [-0.1, -0.05) is 6.07 Å². The Balaban J connectivity index is 0.00000169. The number of hydrogen-bond acceptors (Lipinski definition) is 3. The van der Waals surface area contributed by atoms with E-state index in [-0.39, 0.29) is 35.8 Å². The zero-order chi connectivity index (χ0) is 9.84.